The van der Waals surface area contributed by atoms with E-state index in [0.29, 0.717) is 12.4 Å². The number of rotatable bonds is 4. The summed E-state index contributed by atoms with van der Waals surface area (Å²) in [6.07, 6.45) is 1.91. The van der Waals surface area contributed by atoms with Crippen molar-refractivity contribution < 1.29 is 14.3 Å². The van der Waals surface area contributed by atoms with E-state index >= 15 is 0 Å². The van der Waals surface area contributed by atoms with Gasteiger partial charge in [0.1, 0.15) is 5.75 Å². The molecule has 1 unspecified atom stereocenters. The summed E-state index contributed by atoms with van der Waals surface area (Å²) in [6, 6.07) is 5.88. The van der Waals surface area contributed by atoms with E-state index in [1.807, 2.05) is 25.1 Å². The molecule has 0 aromatic heterocycles. The van der Waals surface area contributed by atoms with Gasteiger partial charge in [-0.05, 0) is 43.5 Å². The first kappa shape index (κ1) is 14.5. The number of hydrogen-bond donors (Lipinski definition) is 0. The fraction of sp³-hybridized carbons (Fsp3) is 0.588. The Hall–Kier alpha value is -1.39. The molecule has 0 radical (unpaired) electrons. The van der Waals surface area contributed by atoms with Crippen LogP contribution in [0, 0.1) is 5.92 Å². The molecule has 1 aromatic carbocycles. The van der Waals surface area contributed by atoms with Gasteiger partial charge in [-0.15, -0.1) is 0 Å². The molecule has 1 atom stereocenters. The van der Waals surface area contributed by atoms with Gasteiger partial charge in [-0.1, -0.05) is 0 Å². The number of hydrogen-bond acceptors (Lipinski definition) is 4. The molecule has 2 aliphatic rings. The van der Waals surface area contributed by atoms with Crippen LogP contribution in [0.4, 0.5) is 0 Å². The lowest BCUT2D eigenvalue weighted by Crippen LogP contribution is -2.42. The van der Waals surface area contributed by atoms with Gasteiger partial charge in [-0.2, -0.15) is 0 Å². The third-order valence-corrected chi connectivity index (χ3v) is 4.37. The number of benzene rings is 1. The lowest BCUT2D eigenvalue weighted by Gasteiger charge is -2.32. The molecule has 114 valence electrons. The lowest BCUT2D eigenvalue weighted by molar-refractivity contribution is 0.0291. The molecular formula is C17H23NO3. The maximum atomic E-state index is 12.7. The van der Waals surface area contributed by atoms with Crippen molar-refractivity contribution in [3.8, 4) is 5.75 Å². The van der Waals surface area contributed by atoms with E-state index in [1.165, 1.54) is 0 Å². The van der Waals surface area contributed by atoms with Crippen molar-refractivity contribution in [2.45, 2.75) is 19.8 Å². The van der Waals surface area contributed by atoms with Gasteiger partial charge < -0.3 is 9.47 Å². The third-order valence-electron chi connectivity index (χ3n) is 4.37. The van der Waals surface area contributed by atoms with Gasteiger partial charge in [0.05, 0.1) is 19.8 Å². The minimum Gasteiger partial charge on any atom is -0.494 e. The van der Waals surface area contributed by atoms with Crippen LogP contribution in [0.1, 0.15) is 29.3 Å². The Balaban J connectivity index is 1.69. The van der Waals surface area contributed by atoms with Crippen LogP contribution in [-0.2, 0) is 11.2 Å². The summed E-state index contributed by atoms with van der Waals surface area (Å²) in [5, 5.41) is 0. The smallest absolute Gasteiger partial charge is 0.167 e. The highest BCUT2D eigenvalue weighted by molar-refractivity contribution is 6.00. The molecule has 0 N–H and O–H groups in total. The Morgan fingerprint density at radius 2 is 2.14 bits per heavy atom. The van der Waals surface area contributed by atoms with Crippen molar-refractivity contribution in [1.29, 1.82) is 0 Å². The molecule has 0 saturated carbocycles. The molecule has 3 rings (SSSR count). The molecule has 4 nitrogen and oxygen atoms in total. The van der Waals surface area contributed by atoms with Crippen LogP contribution in [0.15, 0.2) is 18.2 Å². The van der Waals surface area contributed by atoms with Gasteiger partial charge in [-0.3, -0.25) is 9.69 Å². The summed E-state index contributed by atoms with van der Waals surface area (Å²) in [4.78, 5) is 15.0. The van der Waals surface area contributed by atoms with E-state index in [4.69, 9.17) is 9.47 Å². The van der Waals surface area contributed by atoms with E-state index in [0.717, 1.165) is 62.6 Å². The minimum atomic E-state index is 0.133. The highest BCUT2D eigenvalue weighted by atomic mass is 16.5. The Morgan fingerprint density at radius 3 is 2.90 bits per heavy atom. The molecular weight excluding hydrogens is 266 g/mol. The Labute approximate surface area is 126 Å². The predicted octanol–water partition coefficient (Wildman–Crippen LogP) is 2.16. The highest BCUT2D eigenvalue weighted by Gasteiger charge is 2.29. The van der Waals surface area contributed by atoms with E-state index in [1.54, 1.807) is 0 Å². The zero-order valence-corrected chi connectivity index (χ0v) is 12.6. The summed E-state index contributed by atoms with van der Waals surface area (Å²) in [6.45, 7) is 6.97. The van der Waals surface area contributed by atoms with Crippen molar-refractivity contribution in [2.24, 2.45) is 5.92 Å². The van der Waals surface area contributed by atoms with E-state index in [-0.39, 0.29) is 5.92 Å². The van der Waals surface area contributed by atoms with Gasteiger partial charge in [0, 0.05) is 31.1 Å². The molecule has 4 heteroatoms. The fourth-order valence-corrected chi connectivity index (χ4v) is 3.22. The number of morpholine rings is 1. The second-order valence-corrected chi connectivity index (χ2v) is 5.76. The van der Waals surface area contributed by atoms with Crippen molar-refractivity contribution in [3.63, 3.8) is 0 Å². The Kier molecular flexibility index (Phi) is 4.56. The normalized spacial score (nSPS) is 22.9. The summed E-state index contributed by atoms with van der Waals surface area (Å²) in [7, 11) is 0. The van der Waals surface area contributed by atoms with Gasteiger partial charge in [-0.25, -0.2) is 0 Å². The van der Waals surface area contributed by atoms with Crippen LogP contribution in [0.2, 0.25) is 0 Å². The SMILES string of the molecule is CCOc1ccc2c(c1)CCC(CN1CCOCC1)C2=O. The van der Waals surface area contributed by atoms with Gasteiger partial charge >= 0.3 is 0 Å². The first-order chi connectivity index (χ1) is 10.3. The Morgan fingerprint density at radius 1 is 1.33 bits per heavy atom. The topological polar surface area (TPSA) is 38.8 Å². The minimum absolute atomic E-state index is 0.133. The summed E-state index contributed by atoms with van der Waals surface area (Å²) >= 11 is 0. The van der Waals surface area contributed by atoms with Gasteiger partial charge in [0.2, 0.25) is 0 Å². The molecule has 1 aliphatic heterocycles. The van der Waals surface area contributed by atoms with Crippen LogP contribution in [0.25, 0.3) is 0 Å². The first-order valence-electron chi connectivity index (χ1n) is 7.88. The predicted molar refractivity (Wildman–Crippen MR) is 81.0 cm³/mol. The number of nitrogens with zero attached hydrogens (tertiary/aromatic N) is 1. The Bertz CT molecular complexity index is 509. The van der Waals surface area contributed by atoms with Gasteiger partial charge in [0.25, 0.3) is 0 Å². The maximum Gasteiger partial charge on any atom is 0.167 e. The lowest BCUT2D eigenvalue weighted by atomic mass is 9.82. The van der Waals surface area contributed by atoms with Crippen molar-refractivity contribution in [3.05, 3.63) is 29.3 Å². The number of carbonyl (C=O) groups is 1. The first-order valence-corrected chi connectivity index (χ1v) is 7.88. The molecule has 1 fully saturated rings. The number of Topliss-reactive ketones (excluding diaryl/α,β-unsaturated/α-hetero) is 1. The second kappa shape index (κ2) is 6.58. The van der Waals surface area contributed by atoms with Crippen molar-refractivity contribution >= 4 is 5.78 Å². The summed E-state index contributed by atoms with van der Waals surface area (Å²) in [5.41, 5.74) is 2.03. The highest BCUT2D eigenvalue weighted by Crippen LogP contribution is 2.29. The number of fused-ring (bicyclic) bond motifs is 1. The summed E-state index contributed by atoms with van der Waals surface area (Å²) in [5.74, 6) is 1.30. The largest absolute Gasteiger partial charge is 0.494 e. The van der Waals surface area contributed by atoms with Crippen molar-refractivity contribution in [1.82, 2.24) is 4.90 Å². The summed E-state index contributed by atoms with van der Waals surface area (Å²) < 4.78 is 10.9. The number of aryl methyl sites for hydroxylation is 1. The van der Waals surface area contributed by atoms with Crippen LogP contribution in [0.3, 0.4) is 0 Å². The van der Waals surface area contributed by atoms with Crippen LogP contribution < -0.4 is 4.74 Å². The average Bonchev–Trinajstić information content (AvgIpc) is 2.52. The number of carbonyl (C=O) groups excluding carboxylic acids is 1. The zero-order valence-electron chi connectivity index (χ0n) is 12.6. The third kappa shape index (κ3) is 3.27. The maximum absolute atomic E-state index is 12.7. The molecule has 1 aromatic rings. The zero-order chi connectivity index (χ0) is 14.7. The fourth-order valence-electron chi connectivity index (χ4n) is 3.22. The standard InChI is InChI=1S/C17H23NO3/c1-2-21-15-5-6-16-13(11-15)3-4-14(17(16)19)12-18-7-9-20-10-8-18/h5-6,11,14H,2-4,7-10,12H2,1H3. The van der Waals surface area contributed by atoms with Crippen LogP contribution in [-0.4, -0.2) is 50.1 Å². The number of ether oxygens (including phenoxy) is 2. The van der Waals surface area contributed by atoms with E-state index < -0.39 is 0 Å². The molecule has 0 bridgehead atoms. The molecule has 21 heavy (non-hydrogen) atoms. The van der Waals surface area contributed by atoms with Gasteiger partial charge in [0.15, 0.2) is 5.78 Å². The van der Waals surface area contributed by atoms with Crippen LogP contribution in [0.5, 0.6) is 5.75 Å². The van der Waals surface area contributed by atoms with E-state index in [2.05, 4.69) is 4.90 Å². The molecule has 1 saturated heterocycles. The monoisotopic (exact) mass is 289 g/mol. The molecule has 0 spiro atoms. The quantitative estimate of drug-likeness (QED) is 0.851. The molecule has 1 aliphatic carbocycles. The number of ketones is 1. The average molecular weight is 289 g/mol. The van der Waals surface area contributed by atoms with Crippen molar-refractivity contribution in [2.75, 3.05) is 39.5 Å². The van der Waals surface area contributed by atoms with Crippen LogP contribution >= 0.6 is 0 Å². The second-order valence-electron chi connectivity index (χ2n) is 5.76. The molecule has 0 amide bonds. The van der Waals surface area contributed by atoms with E-state index in [9.17, 15) is 4.79 Å². The molecule has 1 heterocycles.